The summed E-state index contributed by atoms with van der Waals surface area (Å²) in [4.78, 5) is 0. The maximum Gasteiger partial charge on any atom is 0.119 e. The molecule has 2 nitrogen and oxygen atoms in total. The SMILES string of the molecule is CCCCC1(O)CCCc2cc(OC)ccc21. The van der Waals surface area contributed by atoms with Crippen LogP contribution in [0.25, 0.3) is 0 Å². The molecule has 1 N–H and O–H groups in total. The van der Waals surface area contributed by atoms with Crippen LogP contribution in [-0.4, -0.2) is 12.2 Å². The topological polar surface area (TPSA) is 29.5 Å². The fraction of sp³-hybridized carbons (Fsp3) is 0.600. The summed E-state index contributed by atoms with van der Waals surface area (Å²) in [5, 5.41) is 10.8. The predicted octanol–water partition coefficient (Wildman–Crippen LogP) is 3.41. The van der Waals surface area contributed by atoms with Crippen molar-refractivity contribution in [3.05, 3.63) is 29.3 Å². The van der Waals surface area contributed by atoms with Crippen LogP contribution < -0.4 is 4.74 Å². The minimum absolute atomic E-state index is 0.601. The van der Waals surface area contributed by atoms with Gasteiger partial charge >= 0.3 is 0 Å². The Morgan fingerprint density at radius 2 is 2.24 bits per heavy atom. The molecular formula is C15H22O2. The van der Waals surface area contributed by atoms with Crippen molar-refractivity contribution >= 4 is 0 Å². The van der Waals surface area contributed by atoms with E-state index in [0.29, 0.717) is 0 Å². The molecule has 1 atom stereocenters. The first-order valence-corrected chi connectivity index (χ1v) is 6.59. The minimum atomic E-state index is -0.601. The van der Waals surface area contributed by atoms with Gasteiger partial charge in [-0.25, -0.2) is 0 Å². The van der Waals surface area contributed by atoms with Crippen LogP contribution in [0.4, 0.5) is 0 Å². The van der Waals surface area contributed by atoms with Crippen LogP contribution in [0.1, 0.15) is 50.2 Å². The zero-order valence-corrected chi connectivity index (χ0v) is 10.8. The van der Waals surface area contributed by atoms with E-state index in [-0.39, 0.29) is 0 Å². The molecule has 0 heterocycles. The first kappa shape index (κ1) is 12.4. The second kappa shape index (κ2) is 5.09. The molecule has 0 spiro atoms. The molecule has 1 unspecified atom stereocenters. The van der Waals surface area contributed by atoms with Crippen molar-refractivity contribution in [1.82, 2.24) is 0 Å². The number of methoxy groups -OCH3 is 1. The van der Waals surface area contributed by atoms with Gasteiger partial charge in [0.05, 0.1) is 12.7 Å². The first-order chi connectivity index (χ1) is 8.19. The van der Waals surface area contributed by atoms with Gasteiger partial charge in [-0.2, -0.15) is 0 Å². The summed E-state index contributed by atoms with van der Waals surface area (Å²) >= 11 is 0. The molecule has 17 heavy (non-hydrogen) atoms. The number of rotatable bonds is 4. The van der Waals surface area contributed by atoms with Gasteiger partial charge in [0.1, 0.15) is 5.75 Å². The Hall–Kier alpha value is -1.02. The fourth-order valence-electron chi connectivity index (χ4n) is 2.79. The molecule has 0 aliphatic heterocycles. The molecule has 0 amide bonds. The van der Waals surface area contributed by atoms with E-state index in [9.17, 15) is 5.11 Å². The molecule has 0 saturated heterocycles. The molecule has 1 aliphatic carbocycles. The van der Waals surface area contributed by atoms with E-state index in [1.807, 2.05) is 12.1 Å². The zero-order valence-electron chi connectivity index (χ0n) is 10.8. The highest BCUT2D eigenvalue weighted by Crippen LogP contribution is 2.40. The molecule has 0 aromatic heterocycles. The maximum absolute atomic E-state index is 10.8. The average molecular weight is 234 g/mol. The summed E-state index contributed by atoms with van der Waals surface area (Å²) in [6.45, 7) is 2.17. The zero-order chi connectivity index (χ0) is 12.3. The Balaban J connectivity index is 2.30. The molecule has 0 fully saturated rings. The number of unbranched alkanes of at least 4 members (excludes halogenated alkanes) is 1. The summed E-state index contributed by atoms with van der Waals surface area (Å²) in [6.07, 6.45) is 6.12. The monoisotopic (exact) mass is 234 g/mol. The van der Waals surface area contributed by atoms with Gasteiger partial charge in [0, 0.05) is 0 Å². The molecule has 2 rings (SSSR count). The van der Waals surface area contributed by atoms with E-state index < -0.39 is 5.60 Å². The van der Waals surface area contributed by atoms with Gasteiger partial charge < -0.3 is 9.84 Å². The van der Waals surface area contributed by atoms with Gasteiger partial charge in [0.15, 0.2) is 0 Å². The first-order valence-electron chi connectivity index (χ1n) is 6.59. The van der Waals surface area contributed by atoms with Crippen molar-refractivity contribution in [1.29, 1.82) is 0 Å². The molecule has 1 aromatic rings. The van der Waals surface area contributed by atoms with Crippen LogP contribution in [0.2, 0.25) is 0 Å². The second-order valence-corrected chi connectivity index (χ2v) is 5.01. The lowest BCUT2D eigenvalue weighted by atomic mass is 9.76. The number of fused-ring (bicyclic) bond motifs is 1. The van der Waals surface area contributed by atoms with Crippen LogP contribution in [-0.2, 0) is 12.0 Å². The number of aliphatic hydroxyl groups is 1. The van der Waals surface area contributed by atoms with E-state index in [1.54, 1.807) is 7.11 Å². The van der Waals surface area contributed by atoms with Crippen LogP contribution in [0.15, 0.2) is 18.2 Å². The highest BCUT2D eigenvalue weighted by molar-refractivity contribution is 5.40. The average Bonchev–Trinajstić information content (AvgIpc) is 2.36. The highest BCUT2D eigenvalue weighted by Gasteiger charge is 2.33. The van der Waals surface area contributed by atoms with Crippen molar-refractivity contribution < 1.29 is 9.84 Å². The lowest BCUT2D eigenvalue weighted by molar-refractivity contribution is 0.00794. The third-order valence-corrected chi connectivity index (χ3v) is 3.79. The van der Waals surface area contributed by atoms with E-state index in [0.717, 1.165) is 49.8 Å². The standard InChI is InChI=1S/C15H22O2/c1-3-4-9-15(16)10-5-6-12-11-13(17-2)7-8-14(12)15/h7-8,11,16H,3-6,9-10H2,1-2H3. The van der Waals surface area contributed by atoms with Crippen LogP contribution >= 0.6 is 0 Å². The summed E-state index contributed by atoms with van der Waals surface area (Å²) in [7, 11) is 1.69. The number of aryl methyl sites for hydroxylation is 1. The van der Waals surface area contributed by atoms with E-state index in [4.69, 9.17) is 4.74 Å². The predicted molar refractivity (Wildman–Crippen MR) is 69.4 cm³/mol. The van der Waals surface area contributed by atoms with Crippen LogP contribution in [0.5, 0.6) is 5.75 Å². The van der Waals surface area contributed by atoms with Gasteiger partial charge in [-0.1, -0.05) is 25.8 Å². The number of ether oxygens (including phenoxy) is 1. The molecule has 0 saturated carbocycles. The summed E-state index contributed by atoms with van der Waals surface area (Å²) in [5.41, 5.74) is 1.78. The van der Waals surface area contributed by atoms with E-state index in [2.05, 4.69) is 13.0 Å². The molecular weight excluding hydrogens is 212 g/mol. The Kier molecular flexibility index (Phi) is 3.72. The van der Waals surface area contributed by atoms with Crippen molar-refractivity contribution in [2.45, 2.75) is 51.0 Å². The quantitative estimate of drug-likeness (QED) is 0.865. The number of benzene rings is 1. The minimum Gasteiger partial charge on any atom is -0.497 e. The third-order valence-electron chi connectivity index (χ3n) is 3.79. The fourth-order valence-corrected chi connectivity index (χ4v) is 2.79. The van der Waals surface area contributed by atoms with Gasteiger partial charge in [0.25, 0.3) is 0 Å². The maximum atomic E-state index is 10.8. The van der Waals surface area contributed by atoms with Gasteiger partial charge in [0.2, 0.25) is 0 Å². The van der Waals surface area contributed by atoms with Gasteiger partial charge in [-0.3, -0.25) is 0 Å². The summed E-state index contributed by atoms with van der Waals surface area (Å²) in [5.74, 6) is 0.892. The Bertz CT molecular complexity index is 387. The summed E-state index contributed by atoms with van der Waals surface area (Å²) in [6, 6.07) is 6.08. The molecule has 1 aromatic carbocycles. The van der Waals surface area contributed by atoms with E-state index >= 15 is 0 Å². The van der Waals surface area contributed by atoms with Gasteiger partial charge in [-0.15, -0.1) is 0 Å². The Morgan fingerprint density at radius 1 is 1.41 bits per heavy atom. The lowest BCUT2D eigenvalue weighted by Crippen LogP contribution is -2.30. The van der Waals surface area contributed by atoms with Gasteiger partial charge in [-0.05, 0) is 48.9 Å². The van der Waals surface area contributed by atoms with E-state index in [1.165, 1.54) is 5.56 Å². The molecule has 2 heteroatoms. The molecule has 1 aliphatic rings. The summed E-state index contributed by atoms with van der Waals surface area (Å²) < 4.78 is 5.25. The van der Waals surface area contributed by atoms with Crippen LogP contribution in [0, 0.1) is 0 Å². The molecule has 0 radical (unpaired) electrons. The van der Waals surface area contributed by atoms with Crippen molar-refractivity contribution in [3.63, 3.8) is 0 Å². The largest absolute Gasteiger partial charge is 0.497 e. The normalized spacial score (nSPS) is 23.2. The smallest absolute Gasteiger partial charge is 0.119 e. The Morgan fingerprint density at radius 3 is 2.94 bits per heavy atom. The Labute approximate surface area is 104 Å². The second-order valence-electron chi connectivity index (χ2n) is 5.01. The van der Waals surface area contributed by atoms with Crippen molar-refractivity contribution in [3.8, 4) is 5.75 Å². The molecule has 0 bridgehead atoms. The van der Waals surface area contributed by atoms with Crippen LogP contribution in [0.3, 0.4) is 0 Å². The molecule has 94 valence electrons. The third kappa shape index (κ3) is 2.47. The lowest BCUT2D eigenvalue weighted by Gasteiger charge is -2.35. The van der Waals surface area contributed by atoms with Crippen molar-refractivity contribution in [2.24, 2.45) is 0 Å². The highest BCUT2D eigenvalue weighted by atomic mass is 16.5. The number of hydrogen-bond donors (Lipinski definition) is 1. The number of hydrogen-bond acceptors (Lipinski definition) is 2. The van der Waals surface area contributed by atoms with Crippen molar-refractivity contribution in [2.75, 3.05) is 7.11 Å².